The number of anilines is 1. The van der Waals surface area contributed by atoms with Crippen molar-refractivity contribution in [2.24, 2.45) is 0 Å². The summed E-state index contributed by atoms with van der Waals surface area (Å²) in [4.78, 5) is 20.0. The highest BCUT2D eigenvalue weighted by atomic mass is 16.5. The molecule has 1 heterocycles. The van der Waals surface area contributed by atoms with Gasteiger partial charge in [0.1, 0.15) is 0 Å². The van der Waals surface area contributed by atoms with Crippen molar-refractivity contribution < 1.29 is 14.3 Å². The van der Waals surface area contributed by atoms with Crippen molar-refractivity contribution >= 4 is 11.7 Å². The minimum absolute atomic E-state index is 0.0968. The van der Waals surface area contributed by atoms with Gasteiger partial charge in [-0.15, -0.1) is 0 Å². The van der Waals surface area contributed by atoms with Gasteiger partial charge in [-0.1, -0.05) is 6.07 Å². The molecule has 0 saturated heterocycles. The van der Waals surface area contributed by atoms with Gasteiger partial charge in [0, 0.05) is 12.4 Å². The smallest absolute Gasteiger partial charge is 0.274 e. The van der Waals surface area contributed by atoms with Crippen molar-refractivity contribution in [1.29, 1.82) is 0 Å². The maximum Gasteiger partial charge on any atom is 0.274 e. The lowest BCUT2D eigenvalue weighted by molar-refractivity contribution is 0.0935. The number of nitrogen functional groups attached to an aromatic ring is 1. The number of carbonyl (C=O) groups excluding carboxylic acids is 1. The van der Waals surface area contributed by atoms with E-state index in [0.717, 1.165) is 5.56 Å². The Labute approximate surface area is 128 Å². The van der Waals surface area contributed by atoms with E-state index in [1.165, 1.54) is 12.4 Å². The first kappa shape index (κ1) is 15.6. The molecule has 0 aliphatic rings. The van der Waals surface area contributed by atoms with Gasteiger partial charge in [-0.25, -0.2) is 9.97 Å². The minimum Gasteiger partial charge on any atom is -0.493 e. The van der Waals surface area contributed by atoms with Gasteiger partial charge in [-0.2, -0.15) is 0 Å². The average Bonchev–Trinajstić information content (AvgIpc) is 2.54. The van der Waals surface area contributed by atoms with E-state index < -0.39 is 0 Å². The fraction of sp³-hybridized carbons (Fsp3) is 0.267. The summed E-state index contributed by atoms with van der Waals surface area (Å²) in [6.45, 7) is 1.85. The molecule has 1 unspecified atom stereocenters. The van der Waals surface area contributed by atoms with E-state index in [-0.39, 0.29) is 23.5 Å². The highest BCUT2D eigenvalue weighted by Gasteiger charge is 2.17. The highest BCUT2D eigenvalue weighted by Crippen LogP contribution is 2.29. The maximum absolute atomic E-state index is 12.2. The van der Waals surface area contributed by atoms with Gasteiger partial charge in [0.15, 0.2) is 23.0 Å². The van der Waals surface area contributed by atoms with Crippen LogP contribution in [0.2, 0.25) is 0 Å². The van der Waals surface area contributed by atoms with Gasteiger partial charge in [0.25, 0.3) is 5.91 Å². The van der Waals surface area contributed by atoms with Gasteiger partial charge in [0.05, 0.1) is 20.3 Å². The van der Waals surface area contributed by atoms with Crippen LogP contribution in [-0.4, -0.2) is 30.1 Å². The second-order valence-corrected chi connectivity index (χ2v) is 4.60. The SMILES string of the molecule is COc1ccc(C(C)NC(=O)c2nccnc2N)cc1OC. The van der Waals surface area contributed by atoms with E-state index in [4.69, 9.17) is 15.2 Å². The van der Waals surface area contributed by atoms with Crippen molar-refractivity contribution in [3.05, 3.63) is 41.9 Å². The predicted molar refractivity (Wildman–Crippen MR) is 81.9 cm³/mol. The molecule has 2 rings (SSSR count). The number of nitrogens with zero attached hydrogens (tertiary/aromatic N) is 2. The van der Waals surface area contributed by atoms with Crippen LogP contribution in [0.5, 0.6) is 11.5 Å². The Bertz CT molecular complexity index is 676. The minimum atomic E-state index is -0.382. The molecule has 3 N–H and O–H groups in total. The number of carbonyl (C=O) groups is 1. The normalized spacial score (nSPS) is 11.6. The van der Waals surface area contributed by atoms with E-state index in [2.05, 4.69) is 15.3 Å². The van der Waals surface area contributed by atoms with Gasteiger partial charge in [0.2, 0.25) is 0 Å². The molecule has 1 aromatic heterocycles. The Morgan fingerprint density at radius 1 is 1.18 bits per heavy atom. The van der Waals surface area contributed by atoms with Crippen LogP contribution < -0.4 is 20.5 Å². The first-order valence-corrected chi connectivity index (χ1v) is 6.66. The molecule has 22 heavy (non-hydrogen) atoms. The van der Waals surface area contributed by atoms with Crippen LogP contribution >= 0.6 is 0 Å². The fourth-order valence-electron chi connectivity index (χ4n) is 1.99. The Morgan fingerprint density at radius 2 is 1.86 bits per heavy atom. The Hall–Kier alpha value is -2.83. The second-order valence-electron chi connectivity index (χ2n) is 4.60. The molecule has 0 radical (unpaired) electrons. The molecule has 1 atom stereocenters. The zero-order chi connectivity index (χ0) is 16.1. The Kier molecular flexibility index (Phi) is 4.77. The summed E-state index contributed by atoms with van der Waals surface area (Å²) < 4.78 is 10.4. The van der Waals surface area contributed by atoms with Crippen LogP contribution in [0.3, 0.4) is 0 Å². The molecule has 0 fully saturated rings. The molecule has 7 nitrogen and oxygen atoms in total. The van der Waals surface area contributed by atoms with Crippen LogP contribution in [0.4, 0.5) is 5.82 Å². The van der Waals surface area contributed by atoms with Gasteiger partial charge in [-0.3, -0.25) is 4.79 Å². The van der Waals surface area contributed by atoms with Crippen LogP contribution in [0.15, 0.2) is 30.6 Å². The van der Waals surface area contributed by atoms with E-state index in [0.29, 0.717) is 11.5 Å². The first-order chi connectivity index (χ1) is 10.6. The van der Waals surface area contributed by atoms with Crippen LogP contribution in [0, 0.1) is 0 Å². The lowest BCUT2D eigenvalue weighted by Crippen LogP contribution is -2.28. The monoisotopic (exact) mass is 302 g/mol. The van der Waals surface area contributed by atoms with Gasteiger partial charge < -0.3 is 20.5 Å². The number of aromatic nitrogens is 2. The molecule has 1 aromatic carbocycles. The number of methoxy groups -OCH3 is 2. The third-order valence-electron chi connectivity index (χ3n) is 3.20. The number of amides is 1. The topological polar surface area (TPSA) is 99.4 Å². The lowest BCUT2D eigenvalue weighted by Gasteiger charge is -2.16. The van der Waals surface area contributed by atoms with E-state index >= 15 is 0 Å². The standard InChI is InChI=1S/C15H18N4O3/c1-9(10-4-5-11(21-2)12(8-10)22-3)19-15(20)13-14(16)18-7-6-17-13/h4-9H,1-3H3,(H2,16,18)(H,19,20). The zero-order valence-corrected chi connectivity index (χ0v) is 12.7. The van der Waals surface area contributed by atoms with Gasteiger partial charge >= 0.3 is 0 Å². The van der Waals surface area contributed by atoms with Crippen LogP contribution in [0.25, 0.3) is 0 Å². The van der Waals surface area contributed by atoms with Crippen LogP contribution in [-0.2, 0) is 0 Å². The molecule has 0 spiro atoms. The molecule has 0 aliphatic carbocycles. The Balaban J connectivity index is 2.17. The van der Waals surface area contributed by atoms with Crippen molar-refractivity contribution in [3.63, 3.8) is 0 Å². The number of hydrogen-bond donors (Lipinski definition) is 2. The lowest BCUT2D eigenvalue weighted by atomic mass is 10.1. The quantitative estimate of drug-likeness (QED) is 0.869. The molecule has 0 aliphatic heterocycles. The third-order valence-corrected chi connectivity index (χ3v) is 3.20. The largest absolute Gasteiger partial charge is 0.493 e. The molecule has 1 amide bonds. The molecule has 7 heteroatoms. The number of hydrogen-bond acceptors (Lipinski definition) is 6. The molecule has 0 saturated carbocycles. The average molecular weight is 302 g/mol. The summed E-state index contributed by atoms with van der Waals surface area (Å²) in [6.07, 6.45) is 2.86. The van der Waals surface area contributed by atoms with E-state index in [1.54, 1.807) is 20.3 Å². The second kappa shape index (κ2) is 6.75. The first-order valence-electron chi connectivity index (χ1n) is 6.66. The number of rotatable bonds is 5. The Morgan fingerprint density at radius 3 is 2.50 bits per heavy atom. The maximum atomic E-state index is 12.2. The summed E-state index contributed by atoms with van der Waals surface area (Å²) in [6, 6.07) is 5.19. The number of nitrogens with two attached hydrogens (primary N) is 1. The number of nitrogens with one attached hydrogen (secondary N) is 1. The van der Waals surface area contributed by atoms with Gasteiger partial charge in [-0.05, 0) is 24.6 Å². The predicted octanol–water partition coefficient (Wildman–Crippen LogP) is 1.57. The molecule has 0 bridgehead atoms. The fourth-order valence-corrected chi connectivity index (χ4v) is 1.99. The third kappa shape index (κ3) is 3.25. The van der Waals surface area contributed by atoms with Crippen LogP contribution in [0.1, 0.15) is 29.0 Å². The zero-order valence-electron chi connectivity index (χ0n) is 12.7. The van der Waals surface area contributed by atoms with E-state index in [9.17, 15) is 4.79 Å². The molecular formula is C15H18N4O3. The van der Waals surface area contributed by atoms with Crippen molar-refractivity contribution in [2.45, 2.75) is 13.0 Å². The van der Waals surface area contributed by atoms with E-state index in [1.807, 2.05) is 19.1 Å². The summed E-state index contributed by atoms with van der Waals surface area (Å²) in [7, 11) is 3.13. The molecular weight excluding hydrogens is 284 g/mol. The summed E-state index contributed by atoms with van der Waals surface area (Å²) >= 11 is 0. The van der Waals surface area contributed by atoms with Crippen molar-refractivity contribution in [3.8, 4) is 11.5 Å². The highest BCUT2D eigenvalue weighted by molar-refractivity contribution is 5.96. The summed E-state index contributed by atoms with van der Waals surface area (Å²) in [5.41, 5.74) is 6.62. The number of benzene rings is 1. The summed E-state index contributed by atoms with van der Waals surface area (Å²) in [5.74, 6) is 0.940. The number of ether oxygens (including phenoxy) is 2. The summed E-state index contributed by atoms with van der Waals surface area (Å²) in [5, 5.41) is 2.82. The van der Waals surface area contributed by atoms with Crippen molar-refractivity contribution in [1.82, 2.24) is 15.3 Å². The molecule has 116 valence electrons. The van der Waals surface area contributed by atoms with Crippen molar-refractivity contribution in [2.75, 3.05) is 20.0 Å². The molecule has 2 aromatic rings.